The average Bonchev–Trinajstić information content (AvgIpc) is 3.14. The van der Waals surface area contributed by atoms with Crippen molar-refractivity contribution in [3.8, 4) is 0 Å². The Morgan fingerprint density at radius 3 is 2.70 bits per heavy atom. The Bertz CT molecular complexity index is 537. The Labute approximate surface area is 141 Å². The molecule has 2 aliphatic rings. The highest BCUT2D eigenvalue weighted by atomic mass is 35.5. The predicted octanol–water partition coefficient (Wildman–Crippen LogP) is 1.75. The van der Waals surface area contributed by atoms with Crippen molar-refractivity contribution in [3.63, 3.8) is 0 Å². The van der Waals surface area contributed by atoms with Crippen molar-refractivity contribution >= 4 is 17.5 Å². The van der Waals surface area contributed by atoms with Gasteiger partial charge in [0.25, 0.3) is 0 Å². The summed E-state index contributed by atoms with van der Waals surface area (Å²) in [6.45, 7) is 9.12. The van der Waals surface area contributed by atoms with Gasteiger partial charge in [-0.2, -0.15) is 0 Å². The molecule has 0 spiro atoms. The number of aromatic nitrogens is 1. The molecule has 0 aliphatic carbocycles. The van der Waals surface area contributed by atoms with Gasteiger partial charge < -0.3 is 14.2 Å². The van der Waals surface area contributed by atoms with E-state index < -0.39 is 0 Å². The van der Waals surface area contributed by atoms with Gasteiger partial charge in [-0.15, -0.1) is 0 Å². The molecular weight excluding hydrogens is 318 g/mol. The second-order valence-corrected chi connectivity index (χ2v) is 6.72. The molecule has 0 radical (unpaired) electrons. The van der Waals surface area contributed by atoms with Crippen molar-refractivity contribution in [2.75, 3.05) is 39.4 Å². The number of halogens is 1. The number of aryl methyl sites for hydroxylation is 1. The molecule has 128 valence electrons. The summed E-state index contributed by atoms with van der Waals surface area (Å²) < 4.78 is 10.4. The lowest BCUT2D eigenvalue weighted by molar-refractivity contribution is -0.129. The van der Waals surface area contributed by atoms with Gasteiger partial charge in [0.15, 0.2) is 0 Å². The minimum absolute atomic E-state index is 0.104. The second-order valence-electron chi connectivity index (χ2n) is 6.38. The van der Waals surface area contributed by atoms with E-state index in [1.54, 1.807) is 0 Å². The smallest absolute Gasteiger partial charge is 0.229 e. The quantitative estimate of drug-likeness (QED) is 0.835. The van der Waals surface area contributed by atoms with Gasteiger partial charge in [-0.3, -0.25) is 9.69 Å². The number of likely N-dealkylation sites (tertiary alicyclic amines) is 1. The number of carbonyl (C=O) groups is 1. The van der Waals surface area contributed by atoms with Crippen LogP contribution in [0.5, 0.6) is 0 Å². The maximum Gasteiger partial charge on any atom is 0.229 e. The van der Waals surface area contributed by atoms with Gasteiger partial charge >= 0.3 is 0 Å². The van der Waals surface area contributed by atoms with Gasteiger partial charge in [-0.1, -0.05) is 18.5 Å². The highest BCUT2D eigenvalue weighted by Crippen LogP contribution is 2.27. The van der Waals surface area contributed by atoms with E-state index in [0.29, 0.717) is 23.2 Å². The fraction of sp³-hybridized carbons (Fsp3) is 0.750. The normalized spacial score (nSPS) is 26.0. The highest BCUT2D eigenvalue weighted by molar-refractivity contribution is 6.29. The van der Waals surface area contributed by atoms with Crippen LogP contribution >= 0.6 is 11.6 Å². The zero-order chi connectivity index (χ0) is 16.4. The first-order chi connectivity index (χ1) is 11.1. The van der Waals surface area contributed by atoms with Crippen LogP contribution in [-0.2, 0) is 16.0 Å². The van der Waals surface area contributed by atoms with Crippen molar-refractivity contribution in [1.82, 2.24) is 15.0 Å². The van der Waals surface area contributed by atoms with Crippen molar-refractivity contribution in [2.45, 2.75) is 32.7 Å². The molecule has 1 aromatic heterocycles. The van der Waals surface area contributed by atoms with Crippen LogP contribution in [0.1, 0.15) is 24.6 Å². The van der Waals surface area contributed by atoms with Crippen LogP contribution < -0.4 is 0 Å². The van der Waals surface area contributed by atoms with Crippen LogP contribution in [-0.4, -0.2) is 66.3 Å². The Morgan fingerprint density at radius 1 is 1.35 bits per heavy atom. The summed E-state index contributed by atoms with van der Waals surface area (Å²) in [5, 5.41) is 4.04. The molecule has 0 bridgehead atoms. The standard InChI is InChI=1S/C16H24ClN3O3/c1-3-12-9-20(10-14(12)19-4-6-22-7-5-19)15(21)8-13-11(2)18-23-16(13)17/h12,14H,3-10H2,1-2H3. The summed E-state index contributed by atoms with van der Waals surface area (Å²) >= 11 is 5.98. The maximum absolute atomic E-state index is 12.7. The molecule has 2 unspecified atom stereocenters. The minimum atomic E-state index is 0.104. The number of rotatable bonds is 4. The summed E-state index contributed by atoms with van der Waals surface area (Å²) in [6.07, 6.45) is 1.35. The lowest BCUT2D eigenvalue weighted by Gasteiger charge is -2.34. The van der Waals surface area contributed by atoms with Gasteiger partial charge in [0, 0.05) is 37.8 Å². The van der Waals surface area contributed by atoms with E-state index in [4.69, 9.17) is 20.9 Å². The molecule has 0 aromatic carbocycles. The van der Waals surface area contributed by atoms with E-state index in [0.717, 1.165) is 45.8 Å². The predicted molar refractivity (Wildman–Crippen MR) is 86.5 cm³/mol. The van der Waals surface area contributed by atoms with Crippen molar-refractivity contribution < 1.29 is 14.1 Å². The summed E-state index contributed by atoms with van der Waals surface area (Å²) in [7, 11) is 0. The second kappa shape index (κ2) is 7.20. The lowest BCUT2D eigenvalue weighted by atomic mass is 9.99. The van der Waals surface area contributed by atoms with Crippen LogP contribution in [0, 0.1) is 12.8 Å². The van der Waals surface area contributed by atoms with Crippen LogP contribution in [0.15, 0.2) is 4.52 Å². The lowest BCUT2D eigenvalue weighted by Crippen LogP contribution is -2.47. The summed E-state index contributed by atoms with van der Waals surface area (Å²) in [5.74, 6) is 0.628. The molecule has 0 N–H and O–H groups in total. The molecule has 3 heterocycles. The number of ether oxygens (including phenoxy) is 1. The van der Waals surface area contributed by atoms with Gasteiger partial charge in [-0.05, 0) is 24.4 Å². The van der Waals surface area contributed by atoms with Gasteiger partial charge in [0.05, 0.1) is 25.3 Å². The highest BCUT2D eigenvalue weighted by Gasteiger charge is 2.38. The van der Waals surface area contributed by atoms with E-state index in [9.17, 15) is 4.79 Å². The molecule has 6 nitrogen and oxygen atoms in total. The number of carbonyl (C=O) groups excluding carboxylic acids is 1. The fourth-order valence-corrected chi connectivity index (χ4v) is 3.84. The topological polar surface area (TPSA) is 58.8 Å². The third-order valence-electron chi connectivity index (χ3n) is 5.06. The maximum atomic E-state index is 12.7. The molecule has 1 aromatic rings. The molecule has 23 heavy (non-hydrogen) atoms. The van der Waals surface area contributed by atoms with Crippen LogP contribution in [0.25, 0.3) is 0 Å². The number of hydrogen-bond acceptors (Lipinski definition) is 5. The van der Waals surface area contributed by atoms with Crippen LogP contribution in [0.3, 0.4) is 0 Å². The zero-order valence-electron chi connectivity index (χ0n) is 13.8. The number of morpholine rings is 1. The van der Waals surface area contributed by atoms with Crippen molar-refractivity contribution in [1.29, 1.82) is 0 Å². The number of nitrogens with zero attached hydrogens (tertiary/aromatic N) is 3. The molecule has 2 aliphatic heterocycles. The largest absolute Gasteiger partial charge is 0.379 e. The monoisotopic (exact) mass is 341 g/mol. The Balaban J connectivity index is 1.65. The Hall–Kier alpha value is -1.11. The van der Waals surface area contributed by atoms with E-state index in [-0.39, 0.29) is 17.5 Å². The molecule has 2 fully saturated rings. The third kappa shape index (κ3) is 3.54. The van der Waals surface area contributed by atoms with Crippen molar-refractivity contribution in [2.24, 2.45) is 5.92 Å². The van der Waals surface area contributed by atoms with E-state index >= 15 is 0 Å². The van der Waals surface area contributed by atoms with Crippen molar-refractivity contribution in [3.05, 3.63) is 16.5 Å². The first-order valence-corrected chi connectivity index (χ1v) is 8.68. The summed E-state index contributed by atoms with van der Waals surface area (Å²) in [4.78, 5) is 17.1. The summed E-state index contributed by atoms with van der Waals surface area (Å²) in [5.41, 5.74) is 1.40. The average molecular weight is 342 g/mol. The molecular formula is C16H24ClN3O3. The van der Waals surface area contributed by atoms with Crippen LogP contribution in [0.4, 0.5) is 0 Å². The van der Waals surface area contributed by atoms with Crippen LogP contribution in [0.2, 0.25) is 5.22 Å². The third-order valence-corrected chi connectivity index (χ3v) is 5.36. The molecule has 2 saturated heterocycles. The van der Waals surface area contributed by atoms with E-state index in [2.05, 4.69) is 17.0 Å². The Morgan fingerprint density at radius 2 is 2.09 bits per heavy atom. The molecule has 3 rings (SSSR count). The molecule has 1 amide bonds. The number of hydrogen-bond donors (Lipinski definition) is 0. The van der Waals surface area contributed by atoms with Gasteiger partial charge in [0.1, 0.15) is 0 Å². The fourth-order valence-electron chi connectivity index (χ4n) is 3.60. The first-order valence-electron chi connectivity index (χ1n) is 8.30. The van der Waals surface area contributed by atoms with Gasteiger partial charge in [0.2, 0.25) is 11.1 Å². The Kier molecular flexibility index (Phi) is 5.24. The van der Waals surface area contributed by atoms with E-state index in [1.807, 2.05) is 11.8 Å². The SMILES string of the molecule is CCC1CN(C(=O)Cc2c(C)noc2Cl)CC1N1CCOCC1. The number of amides is 1. The molecule has 7 heteroatoms. The minimum Gasteiger partial charge on any atom is -0.379 e. The first kappa shape index (κ1) is 16.7. The summed E-state index contributed by atoms with van der Waals surface area (Å²) in [6, 6.07) is 0.437. The molecule has 0 saturated carbocycles. The molecule has 2 atom stereocenters. The van der Waals surface area contributed by atoms with Gasteiger partial charge in [-0.25, -0.2) is 0 Å². The van der Waals surface area contributed by atoms with E-state index in [1.165, 1.54) is 0 Å². The zero-order valence-corrected chi connectivity index (χ0v) is 14.5.